The Balaban J connectivity index is 0.000000133. The molecule has 2 aliphatic rings. The maximum Gasteiger partial charge on any atom is 2.00 e. The fourth-order valence-electron chi connectivity index (χ4n) is 6.35. The standard InChI is InChI=1S/2C17H14N.Zr/c2*1-11-7-8-16-14(9-11)15-10-12-5-3-4-6-13(12)17(15)18(16)2;/h2*3-4,6-9H,10H2,1-2H3;/q2*-1;+2. The average molecular weight is 556 g/mol. The Hall–Kier alpha value is -3.16. The molecule has 6 aromatic rings. The fraction of sp³-hybridized carbons (Fsp3) is 0.176. The van der Waals surface area contributed by atoms with Gasteiger partial charge < -0.3 is 9.13 Å². The summed E-state index contributed by atoms with van der Waals surface area (Å²) in [5.74, 6) is 0. The minimum atomic E-state index is 0. The summed E-state index contributed by atoms with van der Waals surface area (Å²) >= 11 is 0. The Morgan fingerprint density at radius 2 is 1.05 bits per heavy atom. The van der Waals surface area contributed by atoms with Crippen molar-refractivity contribution in [1.82, 2.24) is 9.13 Å². The maximum absolute atomic E-state index is 3.38. The topological polar surface area (TPSA) is 9.86 Å². The van der Waals surface area contributed by atoms with Crippen LogP contribution in [0.1, 0.15) is 33.4 Å². The van der Waals surface area contributed by atoms with Gasteiger partial charge in [0.05, 0.1) is 0 Å². The Kier molecular flexibility index (Phi) is 5.88. The number of benzene rings is 4. The van der Waals surface area contributed by atoms with Gasteiger partial charge in [-0.15, -0.1) is 22.3 Å². The van der Waals surface area contributed by atoms with Gasteiger partial charge in [-0.1, -0.05) is 23.3 Å². The van der Waals surface area contributed by atoms with Crippen molar-refractivity contribution in [2.75, 3.05) is 0 Å². The Labute approximate surface area is 237 Å². The molecule has 2 aliphatic carbocycles. The first-order chi connectivity index (χ1) is 17.5. The van der Waals surface area contributed by atoms with Gasteiger partial charge in [-0.3, -0.25) is 0 Å². The second-order valence-electron chi connectivity index (χ2n) is 10.3. The number of rotatable bonds is 0. The zero-order valence-electron chi connectivity index (χ0n) is 21.7. The van der Waals surface area contributed by atoms with E-state index in [1.54, 1.807) is 0 Å². The molecule has 37 heavy (non-hydrogen) atoms. The van der Waals surface area contributed by atoms with Crippen molar-refractivity contribution in [3.8, 4) is 22.5 Å². The van der Waals surface area contributed by atoms with Gasteiger partial charge in [0.1, 0.15) is 0 Å². The molecular weight excluding hydrogens is 528 g/mol. The van der Waals surface area contributed by atoms with Crippen molar-refractivity contribution in [1.29, 1.82) is 0 Å². The Morgan fingerprint density at radius 1 is 0.622 bits per heavy atom. The van der Waals surface area contributed by atoms with Crippen LogP contribution < -0.4 is 0 Å². The summed E-state index contributed by atoms with van der Waals surface area (Å²) in [4.78, 5) is 0. The number of aromatic nitrogens is 2. The number of hydrogen-bond acceptors (Lipinski definition) is 0. The summed E-state index contributed by atoms with van der Waals surface area (Å²) in [5, 5.41) is 2.80. The van der Waals surface area contributed by atoms with Gasteiger partial charge in [-0.2, -0.15) is 48.5 Å². The van der Waals surface area contributed by atoms with Gasteiger partial charge in [-0.05, 0) is 73.5 Å². The first-order valence-electron chi connectivity index (χ1n) is 12.7. The molecule has 2 heterocycles. The zero-order chi connectivity index (χ0) is 24.6. The van der Waals surface area contributed by atoms with Crippen molar-refractivity contribution in [2.24, 2.45) is 14.1 Å². The van der Waals surface area contributed by atoms with Crippen LogP contribution in [0.4, 0.5) is 0 Å². The van der Waals surface area contributed by atoms with Gasteiger partial charge in [0.2, 0.25) is 0 Å². The third kappa shape index (κ3) is 3.62. The van der Waals surface area contributed by atoms with Crippen LogP contribution in [0.5, 0.6) is 0 Å². The second kappa shape index (κ2) is 9.00. The van der Waals surface area contributed by atoms with Crippen molar-refractivity contribution in [3.05, 3.63) is 118 Å². The first kappa shape index (κ1) is 24.2. The van der Waals surface area contributed by atoms with Crippen LogP contribution in [0.2, 0.25) is 0 Å². The molecule has 4 aromatic carbocycles. The monoisotopic (exact) mass is 554 g/mol. The van der Waals surface area contributed by atoms with Crippen LogP contribution in [0.25, 0.3) is 44.3 Å². The molecule has 3 heteroatoms. The van der Waals surface area contributed by atoms with Crippen molar-refractivity contribution in [2.45, 2.75) is 26.7 Å². The summed E-state index contributed by atoms with van der Waals surface area (Å²) in [6, 6.07) is 32.8. The quantitative estimate of drug-likeness (QED) is 0.170. The van der Waals surface area contributed by atoms with E-state index in [2.05, 4.69) is 110 Å². The Bertz CT molecular complexity index is 1700. The molecular formula is C34H28N2Zr. The van der Waals surface area contributed by atoms with E-state index in [-0.39, 0.29) is 26.2 Å². The zero-order valence-corrected chi connectivity index (χ0v) is 24.2. The summed E-state index contributed by atoms with van der Waals surface area (Å²) < 4.78 is 4.65. The molecule has 0 saturated carbocycles. The van der Waals surface area contributed by atoms with E-state index in [1.807, 2.05) is 12.1 Å². The molecule has 0 spiro atoms. The molecule has 0 aliphatic heterocycles. The largest absolute Gasteiger partial charge is 2.00 e. The first-order valence-corrected chi connectivity index (χ1v) is 12.7. The molecule has 0 radical (unpaired) electrons. The number of fused-ring (bicyclic) bond motifs is 10. The third-order valence-corrected chi connectivity index (χ3v) is 8.02. The smallest absolute Gasteiger partial charge is 0.354 e. The number of hydrogen-bond donors (Lipinski definition) is 0. The second-order valence-corrected chi connectivity index (χ2v) is 10.3. The summed E-state index contributed by atoms with van der Waals surface area (Å²) in [7, 11) is 4.33. The third-order valence-electron chi connectivity index (χ3n) is 8.02. The molecule has 0 N–H and O–H groups in total. The molecule has 0 amide bonds. The van der Waals surface area contributed by atoms with Gasteiger partial charge >= 0.3 is 26.2 Å². The van der Waals surface area contributed by atoms with E-state index < -0.39 is 0 Å². The van der Waals surface area contributed by atoms with Crippen molar-refractivity contribution < 1.29 is 26.2 Å². The average Bonchev–Trinajstić information content (AvgIpc) is 3.59. The SMILES string of the molecule is Cc1ccc2c(c1)c1c(n2C)-c2ccc[c-]c2C1.Cc1ccc2c(c1)c1c(n2C)-c2ccc[c-]c2C1.[Zr+2]. The van der Waals surface area contributed by atoms with E-state index in [9.17, 15) is 0 Å². The molecule has 2 aromatic heterocycles. The maximum atomic E-state index is 3.38. The van der Waals surface area contributed by atoms with Crippen molar-refractivity contribution in [3.63, 3.8) is 0 Å². The van der Waals surface area contributed by atoms with E-state index in [0.717, 1.165) is 12.8 Å². The van der Waals surface area contributed by atoms with Crippen LogP contribution in [-0.2, 0) is 53.1 Å². The van der Waals surface area contributed by atoms with Crippen LogP contribution >= 0.6 is 0 Å². The summed E-state index contributed by atoms with van der Waals surface area (Å²) in [5.41, 5.74) is 16.4. The molecule has 2 nitrogen and oxygen atoms in total. The number of nitrogens with zero attached hydrogens (tertiary/aromatic N) is 2. The molecule has 0 unspecified atom stereocenters. The predicted molar refractivity (Wildman–Crippen MR) is 149 cm³/mol. The molecule has 8 rings (SSSR count). The van der Waals surface area contributed by atoms with Crippen LogP contribution in [0.15, 0.2) is 72.8 Å². The summed E-state index contributed by atoms with van der Waals surface area (Å²) in [6.07, 6.45) is 2.04. The van der Waals surface area contributed by atoms with Crippen LogP contribution in [-0.4, -0.2) is 9.13 Å². The molecule has 0 fully saturated rings. The van der Waals surface area contributed by atoms with Gasteiger partial charge in [0, 0.05) is 35.9 Å². The van der Waals surface area contributed by atoms with Gasteiger partial charge in [0.25, 0.3) is 0 Å². The van der Waals surface area contributed by atoms with Crippen molar-refractivity contribution >= 4 is 21.8 Å². The normalized spacial score (nSPS) is 12.4. The van der Waals surface area contributed by atoms with E-state index in [1.165, 1.54) is 77.7 Å². The predicted octanol–water partition coefficient (Wildman–Crippen LogP) is 7.71. The fourth-order valence-corrected chi connectivity index (χ4v) is 6.35. The van der Waals surface area contributed by atoms with E-state index in [4.69, 9.17) is 0 Å². The summed E-state index contributed by atoms with van der Waals surface area (Å²) in [6.45, 7) is 4.32. The molecule has 0 bridgehead atoms. The molecule has 0 atom stereocenters. The minimum Gasteiger partial charge on any atom is -0.354 e. The van der Waals surface area contributed by atoms with Gasteiger partial charge in [0.15, 0.2) is 0 Å². The molecule has 178 valence electrons. The van der Waals surface area contributed by atoms with Gasteiger partial charge in [-0.25, -0.2) is 0 Å². The Morgan fingerprint density at radius 3 is 1.49 bits per heavy atom. The minimum absolute atomic E-state index is 0. The molecule has 0 saturated heterocycles. The van der Waals surface area contributed by atoms with Crippen LogP contribution in [0, 0.1) is 26.0 Å². The number of aryl methyl sites for hydroxylation is 4. The van der Waals surface area contributed by atoms with E-state index >= 15 is 0 Å². The van der Waals surface area contributed by atoms with Crippen LogP contribution in [0.3, 0.4) is 0 Å². The van der Waals surface area contributed by atoms with E-state index in [0.29, 0.717) is 0 Å².